The van der Waals surface area contributed by atoms with E-state index < -0.39 is 21.0 Å². The highest BCUT2D eigenvalue weighted by Crippen LogP contribution is 2.23. The molecule has 0 unspecified atom stereocenters. The minimum atomic E-state index is -0.514. The molecule has 4 rings (SSSR count). The summed E-state index contributed by atoms with van der Waals surface area (Å²) >= 11 is 0. The van der Waals surface area contributed by atoms with Crippen molar-refractivity contribution in [2.45, 2.75) is 90.6 Å². The van der Waals surface area contributed by atoms with Gasteiger partial charge in [-0.05, 0) is 78.6 Å². The first-order valence-corrected chi connectivity index (χ1v) is 15.3. The average Bonchev–Trinajstić information content (AvgIpc) is 2.97. The highest BCUT2D eigenvalue weighted by Gasteiger charge is 2.28. The molecule has 2 aromatic carbocycles. The third kappa shape index (κ3) is 15.0. The highest BCUT2D eigenvalue weighted by atomic mass is 16.6. The zero-order valence-corrected chi connectivity index (χ0v) is 27.8. The smallest absolute Gasteiger partial charge is 0.410 e. The Morgan fingerprint density at radius 3 is 1.43 bits per heavy atom. The molecular weight excluding hydrogens is 616 g/mol. The topological polar surface area (TPSA) is 195 Å². The van der Waals surface area contributed by atoms with Crippen LogP contribution in [0.4, 0.5) is 21.0 Å². The Balaban J connectivity index is 0.000000271. The van der Waals surface area contributed by atoms with Crippen molar-refractivity contribution in [2.24, 2.45) is 0 Å². The maximum atomic E-state index is 12.0. The number of rotatable bonds is 4. The molecule has 0 bridgehead atoms. The van der Waals surface area contributed by atoms with Gasteiger partial charge in [-0.25, -0.2) is 9.59 Å². The van der Waals surface area contributed by atoms with E-state index in [-0.39, 0.29) is 41.5 Å². The van der Waals surface area contributed by atoms with Crippen molar-refractivity contribution in [3.8, 4) is 11.5 Å². The van der Waals surface area contributed by atoms with Crippen LogP contribution in [0, 0.1) is 20.2 Å². The molecule has 0 aliphatic carbocycles. The monoisotopic (exact) mass is 662 g/mol. The molecule has 2 fully saturated rings. The third-order valence-corrected chi connectivity index (χ3v) is 6.62. The van der Waals surface area contributed by atoms with E-state index in [0.29, 0.717) is 57.6 Å². The van der Waals surface area contributed by atoms with Gasteiger partial charge in [0.05, 0.1) is 16.0 Å². The van der Waals surface area contributed by atoms with Crippen molar-refractivity contribution >= 4 is 23.6 Å². The molecule has 2 aliphatic rings. The summed E-state index contributed by atoms with van der Waals surface area (Å²) < 4.78 is 16.4. The number of nitrogens with zero attached hydrogens (tertiary/aromatic N) is 4. The van der Waals surface area contributed by atoms with Crippen molar-refractivity contribution in [2.75, 3.05) is 26.2 Å². The summed E-state index contributed by atoms with van der Waals surface area (Å²) in [7, 11) is 0. The van der Waals surface area contributed by atoms with Crippen molar-refractivity contribution in [1.29, 1.82) is 0 Å². The van der Waals surface area contributed by atoms with E-state index in [4.69, 9.17) is 19.3 Å². The molecule has 2 amide bonds. The van der Waals surface area contributed by atoms with Crippen molar-refractivity contribution in [3.63, 3.8) is 0 Å². The molecule has 2 aromatic rings. The molecule has 2 N–H and O–H groups in total. The number of carbonyl (C=O) groups is 2. The number of phenolic OH excluding ortho intramolecular Hbond substituents is 1. The molecule has 260 valence electrons. The number of likely N-dealkylation sites (tertiary alicyclic amines) is 2. The van der Waals surface area contributed by atoms with Crippen LogP contribution in [0.25, 0.3) is 0 Å². The Kier molecular flexibility index (Phi) is 14.2. The second-order valence-corrected chi connectivity index (χ2v) is 13.0. The van der Waals surface area contributed by atoms with Crippen LogP contribution in [0.1, 0.15) is 67.2 Å². The van der Waals surface area contributed by atoms with Crippen LogP contribution in [0.2, 0.25) is 0 Å². The van der Waals surface area contributed by atoms with Gasteiger partial charge in [-0.15, -0.1) is 0 Å². The highest BCUT2D eigenvalue weighted by molar-refractivity contribution is 5.68. The molecular formula is C32H46N4O11. The van der Waals surface area contributed by atoms with Gasteiger partial charge in [0.1, 0.15) is 28.8 Å². The number of nitro benzene ring substituents is 2. The first kappa shape index (κ1) is 38.5. The van der Waals surface area contributed by atoms with Crippen LogP contribution in [0.3, 0.4) is 0 Å². The molecule has 0 radical (unpaired) electrons. The third-order valence-electron chi connectivity index (χ3n) is 6.62. The lowest BCUT2D eigenvalue weighted by atomic mass is 10.1. The predicted octanol–water partition coefficient (Wildman–Crippen LogP) is 6.05. The Morgan fingerprint density at radius 1 is 0.702 bits per heavy atom. The first-order chi connectivity index (χ1) is 21.8. The van der Waals surface area contributed by atoms with Crippen LogP contribution >= 0.6 is 0 Å². The summed E-state index contributed by atoms with van der Waals surface area (Å²) in [6.07, 6.45) is 1.88. The number of aliphatic hydroxyl groups is 1. The van der Waals surface area contributed by atoms with Gasteiger partial charge in [-0.1, -0.05) is 0 Å². The van der Waals surface area contributed by atoms with E-state index in [0.717, 1.165) is 0 Å². The van der Waals surface area contributed by atoms with Crippen molar-refractivity contribution in [3.05, 3.63) is 68.8 Å². The van der Waals surface area contributed by atoms with E-state index in [9.17, 15) is 34.9 Å². The number of benzene rings is 2. The van der Waals surface area contributed by atoms with Crippen LogP contribution < -0.4 is 4.74 Å². The predicted molar refractivity (Wildman–Crippen MR) is 172 cm³/mol. The normalized spacial score (nSPS) is 15.6. The Morgan fingerprint density at radius 2 is 1.06 bits per heavy atom. The minimum absolute atomic E-state index is 0.00450. The number of amides is 2. The van der Waals surface area contributed by atoms with Crippen molar-refractivity contribution < 1.29 is 43.9 Å². The second kappa shape index (κ2) is 17.3. The lowest BCUT2D eigenvalue weighted by Crippen LogP contribution is -2.44. The molecule has 15 heteroatoms. The van der Waals surface area contributed by atoms with Gasteiger partial charge in [0.15, 0.2) is 0 Å². The van der Waals surface area contributed by atoms with E-state index in [1.165, 1.54) is 36.4 Å². The van der Waals surface area contributed by atoms with Gasteiger partial charge >= 0.3 is 12.2 Å². The molecule has 0 saturated carbocycles. The number of carbonyl (C=O) groups excluding carboxylic acids is 2. The van der Waals surface area contributed by atoms with Crippen LogP contribution in [0.5, 0.6) is 11.5 Å². The molecule has 2 heterocycles. The quantitative estimate of drug-likeness (QED) is 0.286. The number of hydrogen-bond donors (Lipinski definition) is 2. The molecule has 15 nitrogen and oxygen atoms in total. The standard InChI is InChI=1S/C16H22N2O5.C10H19NO3.C6H5NO3/c1-16(2,3)23-15(19)17-10-8-14(9-11-17)22-13-6-4-12(5-7-13)18(20)21;1-10(2,3)14-9(13)11-6-4-8(12)5-7-11;8-6-3-1-5(2-4-6)7(9)10/h4-7,14H,8-11H2,1-3H3;8,12H,4-7H2,1-3H3;1-4,8H. The van der Waals surface area contributed by atoms with Crippen LogP contribution in [-0.4, -0.2) is 91.6 Å². The molecule has 2 saturated heterocycles. The minimum Gasteiger partial charge on any atom is -0.508 e. The number of non-ortho nitro benzene ring substituents is 2. The SMILES string of the molecule is CC(C)(C)OC(=O)N1CCC(O)CC1.CC(C)(C)OC(=O)N1CCC(Oc2ccc([N+](=O)[O-])cc2)CC1.O=[N+]([O-])c1ccc(O)cc1. The average molecular weight is 663 g/mol. The Labute approximate surface area is 274 Å². The lowest BCUT2D eigenvalue weighted by molar-refractivity contribution is -0.385. The van der Waals surface area contributed by atoms with Gasteiger partial charge in [0.2, 0.25) is 0 Å². The number of aromatic hydroxyl groups is 1. The summed E-state index contributed by atoms with van der Waals surface area (Å²) in [5.41, 5.74) is -0.911. The summed E-state index contributed by atoms with van der Waals surface area (Å²) in [5.74, 6) is 0.636. The van der Waals surface area contributed by atoms with E-state index in [1.807, 2.05) is 41.5 Å². The van der Waals surface area contributed by atoms with E-state index in [2.05, 4.69) is 0 Å². The Hall–Kier alpha value is -4.66. The summed E-state index contributed by atoms with van der Waals surface area (Å²) in [6.45, 7) is 13.4. The molecule has 0 atom stereocenters. The summed E-state index contributed by atoms with van der Waals surface area (Å²) in [6, 6.07) is 11.1. The maximum Gasteiger partial charge on any atom is 0.410 e. The molecule has 47 heavy (non-hydrogen) atoms. The molecule has 0 aromatic heterocycles. The fraction of sp³-hybridized carbons (Fsp3) is 0.562. The van der Waals surface area contributed by atoms with E-state index in [1.54, 1.807) is 21.9 Å². The molecule has 2 aliphatic heterocycles. The summed E-state index contributed by atoms with van der Waals surface area (Å²) in [5, 5.41) is 38.6. The number of nitro groups is 2. The van der Waals surface area contributed by atoms with Gasteiger partial charge in [0, 0.05) is 63.3 Å². The zero-order valence-electron chi connectivity index (χ0n) is 27.8. The van der Waals surface area contributed by atoms with Crippen LogP contribution in [-0.2, 0) is 9.47 Å². The number of hydrogen-bond acceptors (Lipinski definition) is 11. The number of ether oxygens (including phenoxy) is 3. The van der Waals surface area contributed by atoms with Gasteiger partial charge in [0.25, 0.3) is 11.4 Å². The first-order valence-electron chi connectivity index (χ1n) is 15.3. The zero-order chi connectivity index (χ0) is 35.4. The van der Waals surface area contributed by atoms with Gasteiger partial charge in [-0.3, -0.25) is 20.2 Å². The second-order valence-electron chi connectivity index (χ2n) is 13.0. The largest absolute Gasteiger partial charge is 0.508 e. The number of aliphatic hydroxyl groups excluding tert-OH is 1. The number of piperidine rings is 2. The van der Waals surface area contributed by atoms with Crippen LogP contribution in [0.15, 0.2) is 48.5 Å². The Bertz CT molecular complexity index is 1310. The fourth-order valence-corrected chi connectivity index (χ4v) is 4.27. The van der Waals surface area contributed by atoms with Gasteiger partial charge < -0.3 is 34.2 Å². The van der Waals surface area contributed by atoms with E-state index >= 15 is 0 Å². The fourth-order valence-electron chi connectivity index (χ4n) is 4.27. The molecule has 0 spiro atoms. The summed E-state index contributed by atoms with van der Waals surface area (Å²) in [4.78, 5) is 46.6. The maximum absolute atomic E-state index is 12.0. The van der Waals surface area contributed by atoms with Gasteiger partial charge in [-0.2, -0.15) is 0 Å². The lowest BCUT2D eigenvalue weighted by Gasteiger charge is -2.33. The van der Waals surface area contributed by atoms with Crippen molar-refractivity contribution in [1.82, 2.24) is 9.80 Å². The number of phenols is 1.